The molecule has 0 saturated carbocycles. The van der Waals surface area contributed by atoms with Gasteiger partial charge in [0.05, 0.1) is 0 Å². The molecular weight excluding hydrogens is 268 g/mol. The molecule has 1 aliphatic rings. The summed E-state index contributed by atoms with van der Waals surface area (Å²) in [5, 5.41) is 9.06. The minimum atomic E-state index is -1.01. The lowest BCUT2D eigenvalue weighted by atomic mass is 9.95. The summed E-state index contributed by atoms with van der Waals surface area (Å²) in [7, 11) is 0. The van der Waals surface area contributed by atoms with Crippen molar-refractivity contribution >= 4 is 17.7 Å². The van der Waals surface area contributed by atoms with Gasteiger partial charge in [0.15, 0.2) is 0 Å². The first-order valence-electron chi connectivity index (χ1n) is 7.32. The molecule has 1 aromatic rings. The van der Waals surface area contributed by atoms with Crippen molar-refractivity contribution in [2.45, 2.75) is 20.3 Å². The molecule has 1 saturated heterocycles. The lowest BCUT2D eigenvalue weighted by molar-refractivity contribution is -0.135. The second kappa shape index (κ2) is 6.61. The molecule has 5 heteroatoms. The Balaban J connectivity index is 2.14. The van der Waals surface area contributed by atoms with Crippen LogP contribution in [0.15, 0.2) is 30.3 Å². The predicted molar refractivity (Wildman–Crippen MR) is 81.3 cm³/mol. The maximum absolute atomic E-state index is 12.6. The maximum atomic E-state index is 12.6. The summed E-state index contributed by atoms with van der Waals surface area (Å²) in [5.74, 6) is 0.0238. The van der Waals surface area contributed by atoms with Gasteiger partial charge in [-0.25, -0.2) is 4.79 Å². The van der Waals surface area contributed by atoms with Crippen molar-refractivity contribution in [3.63, 3.8) is 0 Å². The van der Waals surface area contributed by atoms with E-state index in [0.29, 0.717) is 30.6 Å². The molecule has 1 aliphatic heterocycles. The molecule has 0 aliphatic carbocycles. The van der Waals surface area contributed by atoms with E-state index >= 15 is 0 Å². The topological polar surface area (TPSA) is 60.9 Å². The van der Waals surface area contributed by atoms with Gasteiger partial charge in [0, 0.05) is 18.8 Å². The molecule has 0 radical (unpaired) electrons. The van der Waals surface area contributed by atoms with E-state index in [9.17, 15) is 9.59 Å². The van der Waals surface area contributed by atoms with Crippen molar-refractivity contribution in [1.29, 1.82) is 0 Å². The highest BCUT2D eigenvalue weighted by Crippen LogP contribution is 2.25. The van der Waals surface area contributed by atoms with Gasteiger partial charge in [0.1, 0.15) is 6.54 Å². The summed E-state index contributed by atoms with van der Waals surface area (Å²) in [6.07, 6.45) is 0.985. The van der Waals surface area contributed by atoms with Crippen LogP contribution in [-0.2, 0) is 4.79 Å². The molecule has 1 N–H and O–H groups in total. The first-order chi connectivity index (χ1) is 9.99. The minimum Gasteiger partial charge on any atom is -0.480 e. The van der Waals surface area contributed by atoms with Gasteiger partial charge in [-0.15, -0.1) is 0 Å². The zero-order valence-electron chi connectivity index (χ0n) is 12.5. The number of urea groups is 1. The Labute approximate surface area is 125 Å². The Hall–Kier alpha value is -2.04. The summed E-state index contributed by atoms with van der Waals surface area (Å²) < 4.78 is 0. The molecule has 0 spiro atoms. The fourth-order valence-corrected chi connectivity index (χ4v) is 2.69. The van der Waals surface area contributed by atoms with Crippen molar-refractivity contribution in [3.05, 3.63) is 30.3 Å². The zero-order valence-corrected chi connectivity index (χ0v) is 12.5. The van der Waals surface area contributed by atoms with Crippen LogP contribution in [0.1, 0.15) is 20.3 Å². The van der Waals surface area contributed by atoms with E-state index in [1.165, 1.54) is 4.90 Å². The summed E-state index contributed by atoms with van der Waals surface area (Å²) >= 11 is 0. The number of benzene rings is 1. The van der Waals surface area contributed by atoms with Crippen molar-refractivity contribution < 1.29 is 14.7 Å². The van der Waals surface area contributed by atoms with Gasteiger partial charge in [-0.2, -0.15) is 0 Å². The smallest absolute Gasteiger partial charge is 0.325 e. The first kappa shape index (κ1) is 15.4. The van der Waals surface area contributed by atoms with Gasteiger partial charge in [0.2, 0.25) is 0 Å². The third-order valence-electron chi connectivity index (χ3n) is 4.03. The SMILES string of the molecule is CC(C)C1CCN(C(=O)N(CC(=O)O)c2ccccc2)C1. The average molecular weight is 290 g/mol. The van der Waals surface area contributed by atoms with Crippen LogP contribution in [0.2, 0.25) is 0 Å². The summed E-state index contributed by atoms with van der Waals surface area (Å²) in [4.78, 5) is 26.8. The minimum absolute atomic E-state index is 0.216. The molecular formula is C16H22N2O3. The summed E-state index contributed by atoms with van der Waals surface area (Å²) in [6.45, 7) is 5.41. The van der Waals surface area contributed by atoms with Crippen LogP contribution >= 0.6 is 0 Å². The zero-order chi connectivity index (χ0) is 15.4. The van der Waals surface area contributed by atoms with Crippen LogP contribution in [-0.4, -0.2) is 41.6 Å². The maximum Gasteiger partial charge on any atom is 0.325 e. The number of carbonyl (C=O) groups excluding carboxylic acids is 1. The molecule has 114 valence electrons. The second-order valence-electron chi connectivity index (χ2n) is 5.84. The molecule has 5 nitrogen and oxygen atoms in total. The third kappa shape index (κ3) is 3.74. The number of anilines is 1. The normalized spacial score (nSPS) is 18.0. The van der Waals surface area contributed by atoms with E-state index < -0.39 is 5.97 Å². The molecule has 21 heavy (non-hydrogen) atoms. The Morgan fingerprint density at radius 3 is 2.52 bits per heavy atom. The van der Waals surface area contributed by atoms with E-state index in [1.807, 2.05) is 6.07 Å². The fourth-order valence-electron chi connectivity index (χ4n) is 2.69. The van der Waals surface area contributed by atoms with Crippen LogP contribution in [0.4, 0.5) is 10.5 Å². The number of nitrogens with zero attached hydrogens (tertiary/aromatic N) is 2. The van der Waals surface area contributed by atoms with Gasteiger partial charge in [0.25, 0.3) is 0 Å². The Kier molecular flexibility index (Phi) is 4.83. The number of para-hydroxylation sites is 1. The number of amides is 2. The predicted octanol–water partition coefficient (Wildman–Crippen LogP) is 2.68. The van der Waals surface area contributed by atoms with Gasteiger partial charge in [-0.3, -0.25) is 9.69 Å². The van der Waals surface area contributed by atoms with E-state index in [-0.39, 0.29) is 12.6 Å². The van der Waals surface area contributed by atoms with Crippen LogP contribution < -0.4 is 4.90 Å². The molecule has 1 fully saturated rings. The van der Waals surface area contributed by atoms with E-state index in [2.05, 4.69) is 13.8 Å². The van der Waals surface area contributed by atoms with Gasteiger partial charge in [-0.1, -0.05) is 32.0 Å². The quantitative estimate of drug-likeness (QED) is 0.927. The van der Waals surface area contributed by atoms with Gasteiger partial charge in [-0.05, 0) is 30.4 Å². The van der Waals surface area contributed by atoms with Crippen molar-refractivity contribution in [2.24, 2.45) is 11.8 Å². The number of hydrogen-bond acceptors (Lipinski definition) is 2. The highest BCUT2D eigenvalue weighted by molar-refractivity contribution is 5.96. The molecule has 1 unspecified atom stereocenters. The fraction of sp³-hybridized carbons (Fsp3) is 0.500. The van der Waals surface area contributed by atoms with Crippen LogP contribution in [0, 0.1) is 11.8 Å². The van der Waals surface area contributed by atoms with Crippen molar-refractivity contribution in [2.75, 3.05) is 24.5 Å². The third-order valence-corrected chi connectivity index (χ3v) is 4.03. The van der Waals surface area contributed by atoms with Crippen molar-refractivity contribution in [1.82, 2.24) is 4.90 Å². The molecule has 1 heterocycles. The summed E-state index contributed by atoms with van der Waals surface area (Å²) in [6, 6.07) is 8.76. The molecule has 2 amide bonds. The lowest BCUT2D eigenvalue weighted by Gasteiger charge is -2.27. The van der Waals surface area contributed by atoms with Crippen LogP contribution in [0.5, 0.6) is 0 Å². The number of carboxylic acid groups (broad SMARTS) is 1. The van der Waals surface area contributed by atoms with Gasteiger partial charge >= 0.3 is 12.0 Å². The monoisotopic (exact) mass is 290 g/mol. The number of hydrogen-bond donors (Lipinski definition) is 1. The molecule has 1 atom stereocenters. The Morgan fingerprint density at radius 2 is 2.00 bits per heavy atom. The number of carbonyl (C=O) groups is 2. The van der Waals surface area contributed by atoms with Crippen molar-refractivity contribution in [3.8, 4) is 0 Å². The average Bonchev–Trinajstić information content (AvgIpc) is 2.95. The lowest BCUT2D eigenvalue weighted by Crippen LogP contribution is -2.44. The Morgan fingerprint density at radius 1 is 1.33 bits per heavy atom. The molecule has 2 rings (SSSR count). The number of aliphatic carboxylic acids is 1. The second-order valence-corrected chi connectivity index (χ2v) is 5.84. The van der Waals surface area contributed by atoms with E-state index in [4.69, 9.17) is 5.11 Å². The molecule has 1 aromatic carbocycles. The number of likely N-dealkylation sites (tertiary alicyclic amines) is 1. The molecule has 0 aromatic heterocycles. The highest BCUT2D eigenvalue weighted by Gasteiger charge is 2.31. The van der Waals surface area contributed by atoms with Gasteiger partial charge < -0.3 is 10.0 Å². The highest BCUT2D eigenvalue weighted by atomic mass is 16.4. The standard InChI is InChI=1S/C16H22N2O3/c1-12(2)13-8-9-17(10-13)16(21)18(11-15(19)20)14-6-4-3-5-7-14/h3-7,12-13H,8-11H2,1-2H3,(H,19,20). The largest absolute Gasteiger partial charge is 0.480 e. The number of carboxylic acids is 1. The van der Waals surface area contributed by atoms with E-state index in [0.717, 1.165) is 6.42 Å². The Bertz CT molecular complexity index is 502. The molecule has 0 bridgehead atoms. The number of rotatable bonds is 4. The van der Waals surface area contributed by atoms with Crippen LogP contribution in [0.25, 0.3) is 0 Å². The summed E-state index contributed by atoms with van der Waals surface area (Å²) in [5.41, 5.74) is 0.623. The first-order valence-corrected chi connectivity index (χ1v) is 7.32. The van der Waals surface area contributed by atoms with E-state index in [1.54, 1.807) is 29.2 Å². The van der Waals surface area contributed by atoms with Crippen LogP contribution in [0.3, 0.4) is 0 Å².